The SMILES string of the molecule is COC(=O)c1ccc(-c2nn(C)c3cccnc23)c(F)c1. The van der Waals surface area contributed by atoms with Crippen LogP contribution >= 0.6 is 0 Å². The van der Waals surface area contributed by atoms with Crippen LogP contribution in [-0.4, -0.2) is 27.8 Å². The molecule has 0 aliphatic carbocycles. The van der Waals surface area contributed by atoms with Crippen LogP contribution in [0.25, 0.3) is 22.3 Å². The highest BCUT2D eigenvalue weighted by atomic mass is 19.1. The molecule has 0 spiro atoms. The first-order valence-electron chi connectivity index (χ1n) is 6.28. The number of pyridine rings is 1. The Bertz CT molecular complexity index is 842. The standard InChI is InChI=1S/C15H12FN3O2/c1-19-12-4-3-7-17-14(12)13(18-19)10-6-5-9(8-11(10)16)15(20)21-2/h3-8H,1-2H3. The number of aryl methyl sites for hydroxylation is 1. The quantitative estimate of drug-likeness (QED) is 0.679. The molecule has 0 radical (unpaired) electrons. The van der Waals surface area contributed by atoms with Crippen LogP contribution in [-0.2, 0) is 11.8 Å². The van der Waals surface area contributed by atoms with Crippen LogP contribution in [0.5, 0.6) is 0 Å². The van der Waals surface area contributed by atoms with Crippen molar-refractivity contribution >= 4 is 17.0 Å². The molecule has 3 rings (SSSR count). The van der Waals surface area contributed by atoms with Crippen LogP contribution in [0.3, 0.4) is 0 Å². The number of ether oxygens (including phenoxy) is 1. The fraction of sp³-hybridized carbons (Fsp3) is 0.133. The van der Waals surface area contributed by atoms with Gasteiger partial charge >= 0.3 is 5.97 Å². The molecular formula is C15H12FN3O2. The molecule has 0 atom stereocenters. The molecule has 106 valence electrons. The molecule has 0 bridgehead atoms. The van der Waals surface area contributed by atoms with Crippen LogP contribution in [0, 0.1) is 5.82 Å². The maximum atomic E-state index is 14.3. The van der Waals surface area contributed by atoms with Gasteiger partial charge in [-0.25, -0.2) is 9.18 Å². The summed E-state index contributed by atoms with van der Waals surface area (Å²) in [6, 6.07) is 7.82. The highest BCUT2D eigenvalue weighted by molar-refractivity contribution is 5.92. The van der Waals surface area contributed by atoms with Crippen LogP contribution in [0.15, 0.2) is 36.5 Å². The molecule has 21 heavy (non-hydrogen) atoms. The van der Waals surface area contributed by atoms with Crippen molar-refractivity contribution in [3.05, 3.63) is 47.9 Å². The minimum absolute atomic E-state index is 0.159. The van der Waals surface area contributed by atoms with Gasteiger partial charge in [0, 0.05) is 18.8 Å². The van der Waals surface area contributed by atoms with Gasteiger partial charge in [-0.1, -0.05) is 0 Å². The molecule has 0 unspecified atom stereocenters. The molecule has 0 N–H and O–H groups in total. The number of rotatable bonds is 2. The topological polar surface area (TPSA) is 57.0 Å². The summed E-state index contributed by atoms with van der Waals surface area (Å²) in [4.78, 5) is 15.7. The minimum Gasteiger partial charge on any atom is -0.465 e. The lowest BCUT2D eigenvalue weighted by molar-refractivity contribution is 0.0600. The lowest BCUT2D eigenvalue weighted by Crippen LogP contribution is -2.02. The fourth-order valence-corrected chi connectivity index (χ4v) is 2.23. The first-order chi connectivity index (χ1) is 10.1. The van der Waals surface area contributed by atoms with Gasteiger partial charge in [0.2, 0.25) is 0 Å². The van der Waals surface area contributed by atoms with E-state index in [0.29, 0.717) is 16.8 Å². The summed E-state index contributed by atoms with van der Waals surface area (Å²) in [6.07, 6.45) is 1.63. The second-order valence-corrected chi connectivity index (χ2v) is 4.53. The molecule has 0 saturated heterocycles. The average molecular weight is 285 g/mol. The Balaban J connectivity index is 2.17. The second-order valence-electron chi connectivity index (χ2n) is 4.53. The molecule has 1 aromatic carbocycles. The van der Waals surface area contributed by atoms with Crippen LogP contribution in [0.4, 0.5) is 4.39 Å². The zero-order chi connectivity index (χ0) is 15.0. The molecule has 0 amide bonds. The maximum Gasteiger partial charge on any atom is 0.337 e. The number of hydrogen-bond acceptors (Lipinski definition) is 4. The molecule has 2 heterocycles. The van der Waals surface area contributed by atoms with E-state index in [1.165, 1.54) is 19.2 Å². The number of carbonyl (C=O) groups excluding carboxylic acids is 1. The van der Waals surface area contributed by atoms with E-state index in [9.17, 15) is 9.18 Å². The van der Waals surface area contributed by atoms with E-state index in [0.717, 1.165) is 11.6 Å². The first-order valence-corrected chi connectivity index (χ1v) is 6.28. The predicted molar refractivity (Wildman–Crippen MR) is 75.2 cm³/mol. The molecule has 0 aliphatic heterocycles. The summed E-state index contributed by atoms with van der Waals surface area (Å²) in [5.74, 6) is -1.12. The highest BCUT2D eigenvalue weighted by Gasteiger charge is 2.17. The number of aromatic nitrogens is 3. The number of methoxy groups -OCH3 is 1. The highest BCUT2D eigenvalue weighted by Crippen LogP contribution is 2.28. The molecule has 2 aromatic heterocycles. The molecule has 0 saturated carbocycles. The van der Waals surface area contributed by atoms with Gasteiger partial charge in [0.05, 0.1) is 18.2 Å². The Morgan fingerprint density at radius 1 is 1.33 bits per heavy atom. The van der Waals surface area contributed by atoms with E-state index in [4.69, 9.17) is 0 Å². The lowest BCUT2D eigenvalue weighted by Gasteiger charge is -2.03. The number of carbonyl (C=O) groups is 1. The minimum atomic E-state index is -0.579. The van der Waals surface area contributed by atoms with Gasteiger partial charge in [-0.15, -0.1) is 0 Å². The number of esters is 1. The van der Waals surface area contributed by atoms with Gasteiger partial charge in [-0.3, -0.25) is 9.67 Å². The number of hydrogen-bond donors (Lipinski definition) is 0. The molecule has 5 nitrogen and oxygen atoms in total. The number of fused-ring (bicyclic) bond motifs is 1. The fourth-order valence-electron chi connectivity index (χ4n) is 2.23. The van der Waals surface area contributed by atoms with Crippen molar-refractivity contribution in [1.82, 2.24) is 14.8 Å². The third-order valence-electron chi connectivity index (χ3n) is 3.25. The smallest absolute Gasteiger partial charge is 0.337 e. The van der Waals surface area contributed by atoms with Crippen molar-refractivity contribution in [3.63, 3.8) is 0 Å². The summed E-state index contributed by atoms with van der Waals surface area (Å²) in [5, 5.41) is 4.31. The Morgan fingerprint density at radius 2 is 2.14 bits per heavy atom. The first kappa shape index (κ1) is 13.2. The van der Waals surface area contributed by atoms with Crippen LogP contribution in [0.2, 0.25) is 0 Å². The van der Waals surface area contributed by atoms with Gasteiger partial charge in [0.15, 0.2) is 0 Å². The lowest BCUT2D eigenvalue weighted by atomic mass is 10.1. The number of benzene rings is 1. The Labute approximate surface area is 120 Å². The van der Waals surface area contributed by atoms with Crippen molar-refractivity contribution in [2.45, 2.75) is 0 Å². The monoisotopic (exact) mass is 285 g/mol. The largest absolute Gasteiger partial charge is 0.465 e. The van der Waals surface area contributed by atoms with E-state index in [2.05, 4.69) is 14.8 Å². The third-order valence-corrected chi connectivity index (χ3v) is 3.25. The van der Waals surface area contributed by atoms with Crippen molar-refractivity contribution in [1.29, 1.82) is 0 Å². The van der Waals surface area contributed by atoms with Crippen LogP contribution in [0.1, 0.15) is 10.4 Å². The second kappa shape index (κ2) is 4.97. The van der Waals surface area contributed by atoms with Crippen molar-refractivity contribution in [3.8, 4) is 11.3 Å². The van der Waals surface area contributed by atoms with E-state index < -0.39 is 11.8 Å². The van der Waals surface area contributed by atoms with E-state index in [1.54, 1.807) is 24.0 Å². The Kier molecular flexibility index (Phi) is 3.13. The van der Waals surface area contributed by atoms with Crippen molar-refractivity contribution in [2.24, 2.45) is 7.05 Å². The summed E-state index contributed by atoms with van der Waals surface area (Å²) < 4.78 is 20.5. The maximum absolute atomic E-state index is 14.3. The average Bonchev–Trinajstić information content (AvgIpc) is 2.84. The summed E-state index contributed by atoms with van der Waals surface area (Å²) >= 11 is 0. The van der Waals surface area contributed by atoms with Gasteiger partial charge < -0.3 is 4.74 Å². The molecule has 3 aromatic rings. The molecule has 0 aliphatic rings. The zero-order valence-electron chi connectivity index (χ0n) is 11.5. The Morgan fingerprint density at radius 3 is 2.86 bits per heavy atom. The van der Waals surface area contributed by atoms with Gasteiger partial charge in [-0.05, 0) is 30.3 Å². The Hall–Kier alpha value is -2.76. The van der Waals surface area contributed by atoms with Crippen molar-refractivity contribution < 1.29 is 13.9 Å². The van der Waals surface area contributed by atoms with Gasteiger partial charge in [0.1, 0.15) is 17.0 Å². The molecular weight excluding hydrogens is 273 g/mol. The van der Waals surface area contributed by atoms with E-state index >= 15 is 0 Å². The van der Waals surface area contributed by atoms with Crippen molar-refractivity contribution in [2.75, 3.05) is 7.11 Å². The van der Waals surface area contributed by atoms with Crippen LogP contribution < -0.4 is 0 Å². The summed E-state index contributed by atoms with van der Waals surface area (Å²) in [7, 11) is 3.03. The van der Waals surface area contributed by atoms with E-state index in [1.807, 2.05) is 6.07 Å². The zero-order valence-corrected chi connectivity index (χ0v) is 11.5. The number of nitrogens with zero attached hydrogens (tertiary/aromatic N) is 3. The third kappa shape index (κ3) is 2.14. The normalized spacial score (nSPS) is 10.8. The number of halogens is 1. The predicted octanol–water partition coefficient (Wildman–Crippen LogP) is 2.56. The van der Waals surface area contributed by atoms with E-state index in [-0.39, 0.29) is 5.56 Å². The van der Waals surface area contributed by atoms with Gasteiger partial charge in [-0.2, -0.15) is 5.10 Å². The summed E-state index contributed by atoms with van der Waals surface area (Å²) in [5.41, 5.74) is 2.33. The summed E-state index contributed by atoms with van der Waals surface area (Å²) in [6.45, 7) is 0. The molecule has 6 heteroatoms. The van der Waals surface area contributed by atoms with Gasteiger partial charge in [0.25, 0.3) is 0 Å². The molecule has 0 fully saturated rings.